The molecule has 0 aliphatic heterocycles. The number of hydrogen-bond acceptors (Lipinski definition) is 5. The normalized spacial score (nSPS) is 13.7. The van der Waals surface area contributed by atoms with Gasteiger partial charge in [-0.1, -0.05) is 130 Å². The summed E-state index contributed by atoms with van der Waals surface area (Å²) in [5, 5.41) is 0. The molecular formula is C36H70O5. The Balaban J connectivity index is 5.13. The quantitative estimate of drug-likeness (QED) is 0.0437. The van der Waals surface area contributed by atoms with Gasteiger partial charge < -0.3 is 18.9 Å². The fourth-order valence-electron chi connectivity index (χ4n) is 5.18. The molecule has 0 heterocycles. The van der Waals surface area contributed by atoms with Crippen LogP contribution in [-0.2, 0) is 23.7 Å². The molecule has 3 atom stereocenters. The van der Waals surface area contributed by atoms with Crippen molar-refractivity contribution in [3.05, 3.63) is 12.7 Å². The molecule has 0 bridgehead atoms. The molecule has 5 heteroatoms. The predicted molar refractivity (Wildman–Crippen MR) is 175 cm³/mol. The van der Waals surface area contributed by atoms with Gasteiger partial charge in [-0.15, -0.1) is 0 Å². The third-order valence-electron chi connectivity index (χ3n) is 7.78. The van der Waals surface area contributed by atoms with Gasteiger partial charge >= 0.3 is 5.97 Å². The van der Waals surface area contributed by atoms with Gasteiger partial charge in [-0.25, -0.2) is 0 Å². The second-order valence-electron chi connectivity index (χ2n) is 11.8. The molecule has 41 heavy (non-hydrogen) atoms. The summed E-state index contributed by atoms with van der Waals surface area (Å²) in [6.45, 7) is 15.4. The highest BCUT2D eigenvalue weighted by Crippen LogP contribution is 2.23. The minimum Gasteiger partial charge on any atom is -0.461 e. The van der Waals surface area contributed by atoms with E-state index in [-0.39, 0.29) is 24.3 Å². The van der Waals surface area contributed by atoms with Crippen molar-refractivity contribution in [3.63, 3.8) is 0 Å². The number of unbranched alkanes of at least 4 members (excludes halogenated alkanes) is 13. The summed E-state index contributed by atoms with van der Waals surface area (Å²) in [7, 11) is 0. The van der Waals surface area contributed by atoms with Crippen molar-refractivity contribution in [3.8, 4) is 0 Å². The van der Waals surface area contributed by atoms with Crippen LogP contribution >= 0.6 is 0 Å². The van der Waals surface area contributed by atoms with Gasteiger partial charge in [0.05, 0.1) is 18.3 Å². The van der Waals surface area contributed by atoms with Crippen LogP contribution in [0, 0.1) is 0 Å². The van der Waals surface area contributed by atoms with Crippen LogP contribution < -0.4 is 0 Å². The van der Waals surface area contributed by atoms with E-state index in [1.54, 1.807) is 6.08 Å². The molecule has 0 fully saturated rings. The minimum absolute atomic E-state index is 0.0930. The van der Waals surface area contributed by atoms with Crippen LogP contribution in [0.25, 0.3) is 0 Å². The number of carbonyl (C=O) groups is 1. The molecule has 0 aliphatic carbocycles. The first kappa shape index (κ1) is 40.1. The van der Waals surface area contributed by atoms with Crippen molar-refractivity contribution in [2.75, 3.05) is 26.4 Å². The third-order valence-corrected chi connectivity index (χ3v) is 7.78. The maximum absolute atomic E-state index is 11.7. The van der Waals surface area contributed by atoms with E-state index >= 15 is 0 Å². The standard InChI is InChI=1S/C36H70O5/c1-6-11-15-19-25-33(38-29-22-12-7-2)32-35(40-31-24-14-9-4)34(39-30-23-13-8-3)26-20-17-16-18-21-27-36(37)41-28-10-5/h10,33-35H,5-9,11-32H2,1-4H3. The first-order chi connectivity index (χ1) is 20.1. The number of carbonyl (C=O) groups excluding carboxylic acids is 1. The van der Waals surface area contributed by atoms with Crippen molar-refractivity contribution in [2.24, 2.45) is 0 Å². The molecule has 0 aromatic carbocycles. The lowest BCUT2D eigenvalue weighted by Crippen LogP contribution is -2.36. The van der Waals surface area contributed by atoms with Crippen LogP contribution in [0.4, 0.5) is 0 Å². The molecule has 5 nitrogen and oxygen atoms in total. The van der Waals surface area contributed by atoms with Crippen LogP contribution in [0.3, 0.4) is 0 Å². The number of hydrogen-bond donors (Lipinski definition) is 0. The fourth-order valence-corrected chi connectivity index (χ4v) is 5.18. The molecule has 0 saturated heterocycles. The van der Waals surface area contributed by atoms with Crippen LogP contribution in [0.5, 0.6) is 0 Å². The number of ether oxygens (including phenoxy) is 4. The average Bonchev–Trinajstić information content (AvgIpc) is 2.98. The van der Waals surface area contributed by atoms with Gasteiger partial charge in [0, 0.05) is 32.7 Å². The molecule has 0 aromatic heterocycles. The Kier molecular flexibility index (Phi) is 31.3. The summed E-state index contributed by atoms with van der Waals surface area (Å²) in [6.07, 6.45) is 26.8. The monoisotopic (exact) mass is 583 g/mol. The van der Waals surface area contributed by atoms with Gasteiger partial charge in [0.25, 0.3) is 0 Å². The van der Waals surface area contributed by atoms with E-state index in [0.717, 1.165) is 90.4 Å². The van der Waals surface area contributed by atoms with E-state index in [4.69, 9.17) is 18.9 Å². The lowest BCUT2D eigenvalue weighted by molar-refractivity contribution is -0.142. The zero-order valence-electron chi connectivity index (χ0n) is 27.9. The molecule has 0 spiro atoms. The second-order valence-corrected chi connectivity index (χ2v) is 11.8. The first-order valence-corrected chi connectivity index (χ1v) is 17.7. The topological polar surface area (TPSA) is 54.0 Å². The fraction of sp³-hybridized carbons (Fsp3) is 0.917. The van der Waals surface area contributed by atoms with Crippen molar-refractivity contribution in [1.82, 2.24) is 0 Å². The van der Waals surface area contributed by atoms with E-state index in [1.807, 2.05) is 0 Å². The molecular weight excluding hydrogens is 512 g/mol. The van der Waals surface area contributed by atoms with Crippen LogP contribution in [0.2, 0.25) is 0 Å². The summed E-state index contributed by atoms with van der Waals surface area (Å²) in [6, 6.07) is 0. The van der Waals surface area contributed by atoms with Crippen molar-refractivity contribution >= 4 is 5.97 Å². The maximum atomic E-state index is 11.7. The molecule has 0 N–H and O–H groups in total. The Morgan fingerprint density at radius 3 is 1.68 bits per heavy atom. The van der Waals surface area contributed by atoms with Crippen LogP contribution in [0.15, 0.2) is 12.7 Å². The summed E-state index contributed by atoms with van der Waals surface area (Å²) in [5.41, 5.74) is 0. The van der Waals surface area contributed by atoms with Crippen molar-refractivity contribution in [2.45, 2.75) is 187 Å². The molecule has 0 aliphatic rings. The van der Waals surface area contributed by atoms with E-state index in [2.05, 4.69) is 34.3 Å². The molecule has 0 rings (SSSR count). The molecule has 0 radical (unpaired) electrons. The smallest absolute Gasteiger partial charge is 0.306 e. The molecule has 0 saturated carbocycles. The predicted octanol–water partition coefficient (Wildman–Crippen LogP) is 10.5. The largest absolute Gasteiger partial charge is 0.461 e. The molecule has 3 unspecified atom stereocenters. The Morgan fingerprint density at radius 2 is 1.07 bits per heavy atom. The number of esters is 1. The average molecular weight is 583 g/mol. The van der Waals surface area contributed by atoms with E-state index < -0.39 is 0 Å². The van der Waals surface area contributed by atoms with Crippen LogP contribution in [-0.4, -0.2) is 50.7 Å². The lowest BCUT2D eigenvalue weighted by Gasteiger charge is -2.31. The zero-order chi connectivity index (χ0) is 30.2. The Morgan fingerprint density at radius 1 is 0.585 bits per heavy atom. The highest BCUT2D eigenvalue weighted by atomic mass is 16.5. The number of rotatable bonds is 33. The van der Waals surface area contributed by atoms with Gasteiger partial charge in [-0.3, -0.25) is 4.79 Å². The van der Waals surface area contributed by atoms with Gasteiger partial charge in [0.2, 0.25) is 0 Å². The van der Waals surface area contributed by atoms with E-state index in [9.17, 15) is 4.79 Å². The highest BCUT2D eigenvalue weighted by Gasteiger charge is 2.27. The zero-order valence-corrected chi connectivity index (χ0v) is 27.9. The lowest BCUT2D eigenvalue weighted by atomic mass is 9.97. The van der Waals surface area contributed by atoms with Gasteiger partial charge in [-0.05, 0) is 38.5 Å². The SMILES string of the molecule is C=CCOC(=O)CCCCCCCC(OCCCCC)C(CC(CCCCCC)OCCCCC)OCCCCC. The highest BCUT2D eigenvalue weighted by molar-refractivity contribution is 5.69. The Labute approximate surface area is 255 Å². The minimum atomic E-state index is -0.116. The summed E-state index contributed by atoms with van der Waals surface area (Å²) in [5.74, 6) is -0.116. The van der Waals surface area contributed by atoms with E-state index in [1.165, 1.54) is 64.2 Å². The van der Waals surface area contributed by atoms with Gasteiger partial charge in [-0.2, -0.15) is 0 Å². The molecule has 0 amide bonds. The van der Waals surface area contributed by atoms with Crippen molar-refractivity contribution < 1.29 is 23.7 Å². The third kappa shape index (κ3) is 26.4. The molecule has 0 aromatic rings. The first-order valence-electron chi connectivity index (χ1n) is 17.7. The summed E-state index contributed by atoms with van der Waals surface area (Å²) < 4.78 is 24.8. The van der Waals surface area contributed by atoms with Crippen LogP contribution in [0.1, 0.15) is 169 Å². The van der Waals surface area contributed by atoms with E-state index in [0.29, 0.717) is 13.0 Å². The second kappa shape index (κ2) is 32.0. The summed E-state index contributed by atoms with van der Waals surface area (Å²) in [4.78, 5) is 11.7. The molecule has 244 valence electrons. The van der Waals surface area contributed by atoms with Crippen molar-refractivity contribution in [1.29, 1.82) is 0 Å². The van der Waals surface area contributed by atoms with Gasteiger partial charge in [0.1, 0.15) is 6.61 Å². The maximum Gasteiger partial charge on any atom is 0.306 e. The van der Waals surface area contributed by atoms with Gasteiger partial charge in [0.15, 0.2) is 0 Å². The summed E-state index contributed by atoms with van der Waals surface area (Å²) >= 11 is 0. The Bertz CT molecular complexity index is 540. The Hall–Kier alpha value is -0.910.